The highest BCUT2D eigenvalue weighted by atomic mass is 32.2. The number of sulfonamides is 1. The number of esters is 1. The molecule has 1 fully saturated rings. The van der Waals surface area contributed by atoms with Crippen molar-refractivity contribution >= 4 is 29.8 Å². The first kappa shape index (κ1) is 29.3. The van der Waals surface area contributed by atoms with Gasteiger partial charge in [-0.15, -0.1) is 5.10 Å². The van der Waals surface area contributed by atoms with E-state index in [1.807, 2.05) is 23.7 Å². The summed E-state index contributed by atoms with van der Waals surface area (Å²) in [5.41, 5.74) is 4.61. The first-order valence-corrected chi connectivity index (χ1v) is 19.5. The zero-order valence-electron chi connectivity index (χ0n) is 24.8. The third-order valence-electron chi connectivity index (χ3n) is 7.95. The monoisotopic (exact) mass is 596 g/mol. The average molecular weight is 597 g/mol. The van der Waals surface area contributed by atoms with E-state index < -0.39 is 24.1 Å². The average Bonchev–Trinajstić information content (AvgIpc) is 3.74. The second kappa shape index (κ2) is 11.2. The van der Waals surface area contributed by atoms with E-state index >= 15 is 0 Å². The van der Waals surface area contributed by atoms with Gasteiger partial charge in [-0.05, 0) is 80.3 Å². The number of nitrogens with zero attached hydrogens (tertiary/aromatic N) is 4. The smallest absolute Gasteiger partial charge is 0.341 e. The molecule has 2 aliphatic rings. The summed E-state index contributed by atoms with van der Waals surface area (Å²) in [6, 6.07) is 10.4. The van der Waals surface area contributed by atoms with Gasteiger partial charge in [-0.2, -0.15) is 0 Å². The lowest BCUT2D eigenvalue weighted by Gasteiger charge is -2.38. The molecule has 9 nitrogen and oxygen atoms in total. The minimum atomic E-state index is -3.97. The van der Waals surface area contributed by atoms with Gasteiger partial charge in [0.25, 0.3) is 10.0 Å². The summed E-state index contributed by atoms with van der Waals surface area (Å²) in [5.74, 6) is -0.0779. The van der Waals surface area contributed by atoms with Gasteiger partial charge in [-0.25, -0.2) is 13.2 Å². The summed E-state index contributed by atoms with van der Waals surface area (Å²) >= 11 is 0. The molecular weight excluding hydrogens is 557 g/mol. The first-order chi connectivity index (χ1) is 19.4. The molecule has 3 aromatic rings. The maximum absolute atomic E-state index is 14.3. The highest BCUT2D eigenvalue weighted by molar-refractivity contribution is 7.92. The van der Waals surface area contributed by atoms with E-state index in [9.17, 15) is 13.2 Å². The normalized spacial score (nSPS) is 17.3. The van der Waals surface area contributed by atoms with Crippen molar-refractivity contribution in [2.24, 2.45) is 5.92 Å². The molecule has 1 unspecified atom stereocenters. The zero-order valence-corrected chi connectivity index (χ0v) is 26.6. The number of methoxy groups -OCH3 is 1. The van der Waals surface area contributed by atoms with Crippen molar-refractivity contribution in [3.05, 3.63) is 64.5 Å². The van der Waals surface area contributed by atoms with Crippen LogP contribution >= 0.6 is 0 Å². The highest BCUT2D eigenvalue weighted by Crippen LogP contribution is 2.45. The Balaban J connectivity index is 1.47. The molecule has 0 spiro atoms. The molecule has 41 heavy (non-hydrogen) atoms. The van der Waals surface area contributed by atoms with Crippen molar-refractivity contribution in [2.75, 3.05) is 11.4 Å². The number of rotatable bonds is 10. The standard InChI is InChI=1S/C30H40N4O5SSi/c1-7-21-8-13-28-23(16-21)11-14-27(22-9-10-22)34(28)40(36,37)24-12-15-29(25(17-24)30(35)38-3)39-18-26-20(2)33(32-31-26)19-41(4,5)6/h8,12-13,15-17,22,27H,7,9-11,14,18-19H2,1-6H3. The van der Waals surface area contributed by atoms with Crippen molar-refractivity contribution in [1.82, 2.24) is 15.0 Å². The second-order valence-electron chi connectivity index (χ2n) is 12.3. The third kappa shape index (κ3) is 6.06. The van der Waals surface area contributed by atoms with Crippen LogP contribution in [0.2, 0.25) is 19.6 Å². The molecule has 1 aromatic heterocycles. The lowest BCUT2D eigenvalue weighted by Crippen LogP contribution is -2.45. The number of carbonyl (C=O) groups excluding carboxylic acids is 1. The number of benzene rings is 2. The van der Waals surface area contributed by atoms with Gasteiger partial charge in [0.05, 0.1) is 31.5 Å². The summed E-state index contributed by atoms with van der Waals surface area (Å²) in [5, 5.41) is 8.57. The SMILES string of the molecule is CCc1ccc2c(c1)CCC(C1CC1)N2S(=O)(=O)c1ccc(OCc2nnn(C[Si](C)(C)C)c2C)c(C(=O)OC)c1. The van der Waals surface area contributed by atoms with E-state index in [1.54, 1.807) is 4.31 Å². The summed E-state index contributed by atoms with van der Waals surface area (Å²) in [7, 11) is -4.11. The molecule has 0 bridgehead atoms. The molecule has 1 aliphatic heterocycles. The number of hydrogen-bond donors (Lipinski definition) is 0. The lowest BCUT2D eigenvalue weighted by atomic mass is 9.93. The molecular formula is C30H40N4O5SSi. The summed E-state index contributed by atoms with van der Waals surface area (Å²) < 4.78 is 43.1. The number of aryl methyl sites for hydroxylation is 2. The number of fused-ring (bicyclic) bond motifs is 1. The van der Waals surface area contributed by atoms with Crippen LogP contribution in [0.15, 0.2) is 41.3 Å². The van der Waals surface area contributed by atoms with E-state index in [0.29, 0.717) is 11.6 Å². The van der Waals surface area contributed by atoms with Gasteiger partial charge in [0.1, 0.15) is 23.6 Å². The van der Waals surface area contributed by atoms with E-state index in [-0.39, 0.29) is 28.9 Å². The molecule has 11 heteroatoms. The van der Waals surface area contributed by atoms with E-state index in [1.165, 1.54) is 30.9 Å². The van der Waals surface area contributed by atoms with Crippen LogP contribution in [-0.2, 0) is 40.4 Å². The number of hydrogen-bond acceptors (Lipinski definition) is 7. The van der Waals surface area contributed by atoms with Crippen LogP contribution in [0.3, 0.4) is 0 Å². The van der Waals surface area contributed by atoms with Crippen LogP contribution in [0.5, 0.6) is 5.75 Å². The van der Waals surface area contributed by atoms with Crippen LogP contribution in [0.4, 0.5) is 5.69 Å². The Bertz CT molecular complexity index is 1560. The Hall–Kier alpha value is -3.18. The second-order valence-corrected chi connectivity index (χ2v) is 19.6. The molecule has 0 radical (unpaired) electrons. The zero-order chi connectivity index (χ0) is 29.5. The van der Waals surface area contributed by atoms with Gasteiger partial charge in [0, 0.05) is 12.2 Å². The Kier molecular flexibility index (Phi) is 8.04. The Morgan fingerprint density at radius 2 is 1.85 bits per heavy atom. The number of anilines is 1. The molecule has 1 aliphatic carbocycles. The molecule has 1 saturated carbocycles. The molecule has 2 heterocycles. The fourth-order valence-corrected chi connectivity index (χ4v) is 8.55. The van der Waals surface area contributed by atoms with Crippen molar-refractivity contribution in [1.29, 1.82) is 0 Å². The Morgan fingerprint density at radius 3 is 2.51 bits per heavy atom. The molecule has 1 atom stereocenters. The van der Waals surface area contributed by atoms with Crippen molar-refractivity contribution in [2.45, 2.75) is 89.3 Å². The van der Waals surface area contributed by atoms with Crippen LogP contribution in [-0.4, -0.2) is 50.6 Å². The van der Waals surface area contributed by atoms with Crippen LogP contribution in [0, 0.1) is 12.8 Å². The molecule has 0 amide bonds. The predicted molar refractivity (Wildman–Crippen MR) is 161 cm³/mol. The van der Waals surface area contributed by atoms with Crippen molar-refractivity contribution < 1.29 is 22.7 Å². The first-order valence-electron chi connectivity index (χ1n) is 14.3. The van der Waals surface area contributed by atoms with Crippen LogP contribution in [0.1, 0.15) is 59.1 Å². The van der Waals surface area contributed by atoms with Crippen molar-refractivity contribution in [3.63, 3.8) is 0 Å². The fourth-order valence-electron chi connectivity index (χ4n) is 5.54. The van der Waals surface area contributed by atoms with Gasteiger partial charge in [-0.3, -0.25) is 8.99 Å². The lowest BCUT2D eigenvalue weighted by molar-refractivity contribution is 0.0595. The van der Waals surface area contributed by atoms with E-state index in [0.717, 1.165) is 55.2 Å². The van der Waals surface area contributed by atoms with Gasteiger partial charge >= 0.3 is 5.97 Å². The highest BCUT2D eigenvalue weighted by Gasteiger charge is 2.44. The van der Waals surface area contributed by atoms with Gasteiger partial charge in [0.2, 0.25) is 0 Å². The summed E-state index contributed by atoms with van der Waals surface area (Å²) in [4.78, 5) is 12.9. The Labute approximate surface area is 243 Å². The topological polar surface area (TPSA) is 104 Å². The van der Waals surface area contributed by atoms with Gasteiger partial charge < -0.3 is 9.47 Å². The number of aromatic nitrogens is 3. The van der Waals surface area contributed by atoms with Crippen LogP contribution in [0.25, 0.3) is 0 Å². The van der Waals surface area contributed by atoms with Crippen LogP contribution < -0.4 is 9.04 Å². The molecule has 0 saturated heterocycles. The third-order valence-corrected chi connectivity index (χ3v) is 11.0. The largest absolute Gasteiger partial charge is 0.486 e. The maximum atomic E-state index is 14.3. The minimum Gasteiger partial charge on any atom is -0.486 e. The van der Waals surface area contributed by atoms with E-state index in [4.69, 9.17) is 9.47 Å². The van der Waals surface area contributed by atoms with Crippen molar-refractivity contribution in [3.8, 4) is 5.75 Å². The van der Waals surface area contributed by atoms with E-state index in [2.05, 4.69) is 42.9 Å². The van der Waals surface area contributed by atoms with Gasteiger partial charge in [-0.1, -0.05) is 43.9 Å². The molecule has 0 N–H and O–H groups in total. The molecule has 220 valence electrons. The maximum Gasteiger partial charge on any atom is 0.341 e. The molecule has 5 rings (SSSR count). The fraction of sp³-hybridized carbons (Fsp3) is 0.500. The molecule has 2 aromatic carbocycles. The summed E-state index contributed by atoms with van der Waals surface area (Å²) in [6.07, 6.45) is 5.44. The predicted octanol–water partition coefficient (Wildman–Crippen LogP) is 5.31. The number of carbonyl (C=O) groups is 1. The Morgan fingerprint density at radius 1 is 1.10 bits per heavy atom. The number of ether oxygens (including phenoxy) is 2. The minimum absolute atomic E-state index is 0.0422. The summed E-state index contributed by atoms with van der Waals surface area (Å²) in [6.45, 7) is 10.9. The quantitative estimate of drug-likeness (QED) is 0.231. The van der Waals surface area contributed by atoms with Gasteiger partial charge in [0.15, 0.2) is 0 Å².